The Hall–Kier alpha value is -0.370. The highest BCUT2D eigenvalue weighted by Crippen LogP contribution is 2.22. The molecule has 0 radical (unpaired) electrons. The van der Waals surface area contributed by atoms with E-state index < -0.39 is 24.9 Å². The third kappa shape index (κ3) is 3.89. The van der Waals surface area contributed by atoms with Crippen LogP contribution in [0.25, 0.3) is 0 Å². The first kappa shape index (κ1) is 13.7. The number of hydrogen-bond acceptors (Lipinski definition) is 4. The number of nitrogens with zero attached hydrogens (tertiary/aromatic N) is 1. The van der Waals surface area contributed by atoms with Crippen molar-refractivity contribution in [2.75, 3.05) is 26.2 Å². The van der Waals surface area contributed by atoms with Crippen LogP contribution >= 0.6 is 0 Å². The standard InChI is InChI=1S/C9H16F3NO3/c1-6-2-13(3-7(5-14)16-6)4-8(15)9(10,11)12/h6-8,14-15H,2-5H2,1H3. The lowest BCUT2D eigenvalue weighted by atomic mass is 10.2. The molecule has 0 aromatic carbocycles. The first-order valence-electron chi connectivity index (χ1n) is 5.06. The Morgan fingerprint density at radius 1 is 1.44 bits per heavy atom. The Balaban J connectivity index is 2.47. The van der Waals surface area contributed by atoms with Crippen LogP contribution in [0, 0.1) is 0 Å². The van der Waals surface area contributed by atoms with Crippen molar-refractivity contribution in [3.05, 3.63) is 0 Å². The van der Waals surface area contributed by atoms with E-state index in [2.05, 4.69) is 0 Å². The summed E-state index contributed by atoms with van der Waals surface area (Å²) >= 11 is 0. The van der Waals surface area contributed by atoms with Crippen LogP contribution in [0.1, 0.15) is 6.92 Å². The van der Waals surface area contributed by atoms with Crippen LogP contribution in [-0.4, -0.2) is 65.8 Å². The van der Waals surface area contributed by atoms with Crippen LogP contribution in [0.3, 0.4) is 0 Å². The molecule has 3 atom stereocenters. The number of ether oxygens (including phenoxy) is 1. The molecule has 96 valence electrons. The normalized spacial score (nSPS) is 30.4. The second-order valence-electron chi connectivity index (χ2n) is 4.03. The minimum absolute atomic E-state index is 0.202. The van der Waals surface area contributed by atoms with E-state index in [4.69, 9.17) is 14.9 Å². The van der Waals surface area contributed by atoms with E-state index >= 15 is 0 Å². The van der Waals surface area contributed by atoms with Crippen molar-refractivity contribution in [2.24, 2.45) is 0 Å². The van der Waals surface area contributed by atoms with E-state index in [-0.39, 0.29) is 19.3 Å². The molecule has 0 bridgehead atoms. The average Bonchev–Trinajstić information content (AvgIpc) is 2.15. The summed E-state index contributed by atoms with van der Waals surface area (Å²) in [6, 6.07) is 0. The summed E-state index contributed by atoms with van der Waals surface area (Å²) in [6.07, 6.45) is -7.68. The molecule has 0 aromatic heterocycles. The number of rotatable bonds is 3. The largest absolute Gasteiger partial charge is 0.415 e. The van der Waals surface area contributed by atoms with Crippen molar-refractivity contribution >= 4 is 0 Å². The second-order valence-corrected chi connectivity index (χ2v) is 4.03. The summed E-state index contributed by atoms with van der Waals surface area (Å²) < 4.78 is 41.6. The molecule has 1 heterocycles. The summed E-state index contributed by atoms with van der Waals surface area (Å²) in [6.45, 7) is 1.53. The maximum absolute atomic E-state index is 12.1. The van der Waals surface area contributed by atoms with Crippen molar-refractivity contribution in [1.29, 1.82) is 0 Å². The van der Waals surface area contributed by atoms with Gasteiger partial charge in [-0.15, -0.1) is 0 Å². The van der Waals surface area contributed by atoms with Gasteiger partial charge in [0, 0.05) is 19.6 Å². The molecule has 1 fully saturated rings. The molecule has 7 heteroatoms. The zero-order chi connectivity index (χ0) is 12.3. The molecule has 1 saturated heterocycles. The molecule has 0 saturated carbocycles. The average molecular weight is 243 g/mol. The van der Waals surface area contributed by atoms with Crippen LogP contribution in [0.5, 0.6) is 0 Å². The highest BCUT2D eigenvalue weighted by Gasteiger charge is 2.40. The molecule has 0 aliphatic carbocycles. The Morgan fingerprint density at radius 3 is 2.56 bits per heavy atom. The molecule has 16 heavy (non-hydrogen) atoms. The topological polar surface area (TPSA) is 52.9 Å². The number of hydrogen-bond donors (Lipinski definition) is 2. The van der Waals surface area contributed by atoms with Gasteiger partial charge in [0.1, 0.15) is 0 Å². The molecule has 0 spiro atoms. The van der Waals surface area contributed by atoms with Gasteiger partial charge in [-0.3, -0.25) is 4.90 Å². The Kier molecular flexibility index (Phi) is 4.54. The van der Waals surface area contributed by atoms with Crippen LogP contribution in [0.2, 0.25) is 0 Å². The SMILES string of the molecule is CC1CN(CC(O)C(F)(F)F)CC(CO)O1. The molecule has 1 rings (SSSR count). The number of morpholine rings is 1. The van der Waals surface area contributed by atoms with Crippen molar-refractivity contribution in [1.82, 2.24) is 4.90 Å². The van der Waals surface area contributed by atoms with E-state index in [0.717, 1.165) is 0 Å². The first-order chi connectivity index (χ1) is 7.32. The number of alkyl halides is 3. The third-order valence-electron chi connectivity index (χ3n) is 2.41. The maximum Gasteiger partial charge on any atom is 0.415 e. The van der Waals surface area contributed by atoms with Gasteiger partial charge in [0.15, 0.2) is 6.10 Å². The quantitative estimate of drug-likeness (QED) is 0.732. The summed E-state index contributed by atoms with van der Waals surface area (Å²) in [4.78, 5) is 1.45. The fourth-order valence-electron chi connectivity index (χ4n) is 1.74. The molecule has 1 aliphatic rings. The predicted octanol–water partition coefficient (Wildman–Crippen LogP) is -0.00880. The summed E-state index contributed by atoms with van der Waals surface area (Å²) in [7, 11) is 0. The predicted molar refractivity (Wildman–Crippen MR) is 49.9 cm³/mol. The van der Waals surface area contributed by atoms with Crippen LogP contribution in [-0.2, 0) is 4.74 Å². The summed E-state index contributed by atoms with van der Waals surface area (Å²) in [5, 5.41) is 17.8. The van der Waals surface area contributed by atoms with Gasteiger partial charge in [0.25, 0.3) is 0 Å². The monoisotopic (exact) mass is 243 g/mol. The number of halogens is 3. The molecule has 0 aromatic rings. The second kappa shape index (κ2) is 5.31. The van der Waals surface area contributed by atoms with Gasteiger partial charge in [-0.1, -0.05) is 0 Å². The van der Waals surface area contributed by atoms with E-state index in [9.17, 15) is 13.2 Å². The molecular weight excluding hydrogens is 227 g/mol. The highest BCUT2D eigenvalue weighted by molar-refractivity contribution is 4.79. The lowest BCUT2D eigenvalue weighted by Gasteiger charge is -2.37. The summed E-state index contributed by atoms with van der Waals surface area (Å²) in [5.41, 5.74) is 0. The minimum atomic E-state index is -4.60. The molecule has 0 amide bonds. The Labute approximate surface area is 91.6 Å². The van der Waals surface area contributed by atoms with Crippen LogP contribution in [0.15, 0.2) is 0 Å². The van der Waals surface area contributed by atoms with Crippen molar-refractivity contribution in [2.45, 2.75) is 31.4 Å². The molecule has 3 unspecified atom stereocenters. The molecule has 1 aliphatic heterocycles. The van der Waals surface area contributed by atoms with E-state index in [1.54, 1.807) is 6.92 Å². The lowest BCUT2D eigenvalue weighted by Crippen LogP contribution is -2.52. The van der Waals surface area contributed by atoms with Crippen LogP contribution in [0.4, 0.5) is 13.2 Å². The van der Waals surface area contributed by atoms with E-state index in [1.807, 2.05) is 0 Å². The fourth-order valence-corrected chi connectivity index (χ4v) is 1.74. The third-order valence-corrected chi connectivity index (χ3v) is 2.41. The van der Waals surface area contributed by atoms with Gasteiger partial charge in [-0.05, 0) is 6.92 Å². The Bertz CT molecular complexity index is 225. The smallest absolute Gasteiger partial charge is 0.394 e. The summed E-state index contributed by atoms with van der Waals surface area (Å²) in [5.74, 6) is 0. The molecular formula is C9H16F3NO3. The number of aliphatic hydroxyl groups excluding tert-OH is 2. The van der Waals surface area contributed by atoms with E-state index in [1.165, 1.54) is 4.90 Å². The fraction of sp³-hybridized carbons (Fsp3) is 1.00. The number of β-amino-alcohol motifs (C(OH)–C–C–N with tert-alkyl or cyclic N) is 1. The van der Waals surface area contributed by atoms with Crippen molar-refractivity contribution in [3.63, 3.8) is 0 Å². The van der Waals surface area contributed by atoms with E-state index in [0.29, 0.717) is 6.54 Å². The first-order valence-corrected chi connectivity index (χ1v) is 5.06. The van der Waals surface area contributed by atoms with Gasteiger partial charge in [-0.2, -0.15) is 13.2 Å². The van der Waals surface area contributed by atoms with Gasteiger partial charge in [0.2, 0.25) is 0 Å². The van der Waals surface area contributed by atoms with Crippen molar-refractivity contribution in [3.8, 4) is 0 Å². The highest BCUT2D eigenvalue weighted by atomic mass is 19.4. The Morgan fingerprint density at radius 2 is 2.06 bits per heavy atom. The lowest BCUT2D eigenvalue weighted by molar-refractivity contribution is -0.213. The molecule has 4 nitrogen and oxygen atoms in total. The van der Waals surface area contributed by atoms with Crippen LogP contribution < -0.4 is 0 Å². The van der Waals surface area contributed by atoms with Gasteiger partial charge in [0.05, 0.1) is 18.8 Å². The van der Waals surface area contributed by atoms with Gasteiger partial charge >= 0.3 is 6.18 Å². The molecule has 2 N–H and O–H groups in total. The van der Waals surface area contributed by atoms with Gasteiger partial charge < -0.3 is 14.9 Å². The zero-order valence-corrected chi connectivity index (χ0v) is 8.94. The minimum Gasteiger partial charge on any atom is -0.394 e. The zero-order valence-electron chi connectivity index (χ0n) is 8.94. The van der Waals surface area contributed by atoms with Gasteiger partial charge in [-0.25, -0.2) is 0 Å². The number of aliphatic hydroxyl groups is 2. The maximum atomic E-state index is 12.1. The van der Waals surface area contributed by atoms with Crippen molar-refractivity contribution < 1.29 is 28.1 Å².